The Morgan fingerprint density at radius 2 is 2.08 bits per heavy atom. The smallest absolute Gasteiger partial charge is 0.330 e. The number of nitrogens with two attached hydrogens (primary N) is 1. The van der Waals surface area contributed by atoms with E-state index in [4.69, 9.17) is 10.8 Å². The van der Waals surface area contributed by atoms with Crippen LogP contribution in [0, 0.1) is 0 Å². The number of ether oxygens (including phenoxy) is 1. The van der Waals surface area contributed by atoms with E-state index >= 15 is 0 Å². The van der Waals surface area contributed by atoms with Gasteiger partial charge in [0.25, 0.3) is 0 Å². The standard InChI is InChI=1S/C7H13NO4/c1-4(9)3-6(8)7(11)12-5(2)10/h4,6,9H,3,8H2,1-2H3. The molecule has 0 aromatic rings. The monoisotopic (exact) mass is 175 g/mol. The molecule has 0 spiro atoms. The highest BCUT2D eigenvalue weighted by Gasteiger charge is 2.18. The number of aliphatic hydroxyl groups excluding tert-OH is 1. The maximum atomic E-state index is 10.8. The molecule has 0 rings (SSSR count). The molecule has 5 nitrogen and oxygen atoms in total. The van der Waals surface area contributed by atoms with Crippen molar-refractivity contribution in [3.63, 3.8) is 0 Å². The molecule has 0 saturated heterocycles. The molecule has 12 heavy (non-hydrogen) atoms. The molecule has 0 bridgehead atoms. The molecule has 2 atom stereocenters. The molecule has 70 valence electrons. The number of carbonyl (C=O) groups is 2. The van der Waals surface area contributed by atoms with Crippen molar-refractivity contribution in [3.8, 4) is 0 Å². The first kappa shape index (κ1) is 11.1. The molecule has 0 heterocycles. The Bertz CT molecular complexity index is 178. The summed E-state index contributed by atoms with van der Waals surface area (Å²) >= 11 is 0. The Morgan fingerprint density at radius 3 is 2.42 bits per heavy atom. The number of hydrogen-bond acceptors (Lipinski definition) is 5. The number of hydrogen-bond donors (Lipinski definition) is 2. The summed E-state index contributed by atoms with van der Waals surface area (Å²) in [5, 5.41) is 8.83. The maximum Gasteiger partial charge on any atom is 0.330 e. The molecule has 0 fully saturated rings. The van der Waals surface area contributed by atoms with Gasteiger partial charge in [0, 0.05) is 6.92 Å². The first-order valence-electron chi connectivity index (χ1n) is 3.59. The van der Waals surface area contributed by atoms with Gasteiger partial charge in [0.1, 0.15) is 6.04 Å². The molecule has 5 heteroatoms. The Balaban J connectivity index is 3.85. The van der Waals surface area contributed by atoms with Crippen LogP contribution in [0.3, 0.4) is 0 Å². The Labute approximate surface area is 70.5 Å². The van der Waals surface area contributed by atoms with Gasteiger partial charge >= 0.3 is 11.9 Å². The summed E-state index contributed by atoms with van der Waals surface area (Å²) in [5.41, 5.74) is 5.28. The molecule has 0 saturated carbocycles. The zero-order chi connectivity index (χ0) is 9.72. The van der Waals surface area contributed by atoms with Crippen molar-refractivity contribution in [2.45, 2.75) is 32.4 Å². The zero-order valence-corrected chi connectivity index (χ0v) is 7.11. The quantitative estimate of drug-likeness (QED) is 0.432. The average molecular weight is 175 g/mol. The lowest BCUT2D eigenvalue weighted by atomic mass is 10.1. The predicted octanol–water partition coefficient (Wildman–Crippen LogP) is -0.826. The third kappa shape index (κ3) is 4.81. The summed E-state index contributed by atoms with van der Waals surface area (Å²) < 4.78 is 4.20. The fourth-order valence-corrected chi connectivity index (χ4v) is 0.681. The summed E-state index contributed by atoms with van der Waals surface area (Å²) in [6.45, 7) is 2.62. The highest BCUT2D eigenvalue weighted by Crippen LogP contribution is 1.97. The second-order valence-corrected chi connectivity index (χ2v) is 2.60. The Kier molecular flexibility index (Phi) is 4.46. The van der Waals surface area contributed by atoms with Crippen molar-refractivity contribution < 1.29 is 19.4 Å². The van der Waals surface area contributed by atoms with Crippen LogP contribution in [-0.4, -0.2) is 29.2 Å². The molecular formula is C7H13NO4. The minimum atomic E-state index is -0.936. The third-order valence-corrected chi connectivity index (χ3v) is 1.14. The van der Waals surface area contributed by atoms with Gasteiger partial charge in [0.2, 0.25) is 0 Å². The SMILES string of the molecule is CC(=O)OC(=O)C(N)CC(C)O. The summed E-state index contributed by atoms with van der Waals surface area (Å²) in [6, 6.07) is -0.936. The van der Waals surface area contributed by atoms with Crippen LogP contribution in [0.4, 0.5) is 0 Å². The first-order valence-corrected chi connectivity index (χ1v) is 3.59. The van der Waals surface area contributed by atoms with Crippen molar-refractivity contribution in [1.82, 2.24) is 0 Å². The van der Waals surface area contributed by atoms with Gasteiger partial charge in [0.15, 0.2) is 0 Å². The predicted molar refractivity (Wildman–Crippen MR) is 41.0 cm³/mol. The lowest BCUT2D eigenvalue weighted by molar-refractivity contribution is -0.159. The number of rotatable bonds is 3. The summed E-state index contributed by atoms with van der Waals surface area (Å²) in [5.74, 6) is -1.50. The molecule has 0 aromatic carbocycles. The van der Waals surface area contributed by atoms with E-state index < -0.39 is 24.1 Å². The molecule has 2 unspecified atom stereocenters. The van der Waals surface area contributed by atoms with Crippen LogP contribution in [0.15, 0.2) is 0 Å². The van der Waals surface area contributed by atoms with Crippen molar-refractivity contribution in [2.24, 2.45) is 5.73 Å². The lowest BCUT2D eigenvalue weighted by Crippen LogP contribution is -2.35. The fourth-order valence-electron chi connectivity index (χ4n) is 0.681. The molecule has 0 aliphatic carbocycles. The van der Waals surface area contributed by atoms with Crippen LogP contribution in [0.25, 0.3) is 0 Å². The lowest BCUT2D eigenvalue weighted by Gasteiger charge is -2.10. The zero-order valence-electron chi connectivity index (χ0n) is 7.11. The van der Waals surface area contributed by atoms with Crippen molar-refractivity contribution in [1.29, 1.82) is 0 Å². The molecule has 0 amide bonds. The van der Waals surface area contributed by atoms with Gasteiger partial charge in [-0.25, -0.2) is 4.79 Å². The van der Waals surface area contributed by atoms with Gasteiger partial charge < -0.3 is 15.6 Å². The summed E-state index contributed by atoms with van der Waals surface area (Å²) in [7, 11) is 0. The van der Waals surface area contributed by atoms with Crippen LogP contribution in [0.2, 0.25) is 0 Å². The van der Waals surface area contributed by atoms with Crippen LogP contribution in [0.5, 0.6) is 0 Å². The Morgan fingerprint density at radius 1 is 1.58 bits per heavy atom. The van der Waals surface area contributed by atoms with Gasteiger partial charge in [-0.3, -0.25) is 4.79 Å². The van der Waals surface area contributed by atoms with E-state index in [0.717, 1.165) is 6.92 Å². The fraction of sp³-hybridized carbons (Fsp3) is 0.714. The van der Waals surface area contributed by atoms with Crippen LogP contribution in [-0.2, 0) is 14.3 Å². The van der Waals surface area contributed by atoms with E-state index in [9.17, 15) is 9.59 Å². The van der Waals surface area contributed by atoms with E-state index in [0.29, 0.717) is 0 Å². The molecule has 0 radical (unpaired) electrons. The van der Waals surface area contributed by atoms with Crippen molar-refractivity contribution in [2.75, 3.05) is 0 Å². The largest absolute Gasteiger partial charge is 0.393 e. The molecule has 3 N–H and O–H groups in total. The van der Waals surface area contributed by atoms with E-state index in [1.54, 1.807) is 0 Å². The van der Waals surface area contributed by atoms with Gasteiger partial charge in [-0.15, -0.1) is 0 Å². The van der Waals surface area contributed by atoms with Crippen LogP contribution in [0.1, 0.15) is 20.3 Å². The minimum Gasteiger partial charge on any atom is -0.393 e. The molecule has 0 aliphatic heterocycles. The second kappa shape index (κ2) is 4.84. The number of carbonyl (C=O) groups excluding carboxylic acids is 2. The Hall–Kier alpha value is -0.940. The average Bonchev–Trinajstić information content (AvgIpc) is 1.84. The number of aliphatic hydroxyl groups is 1. The highest BCUT2D eigenvalue weighted by molar-refractivity contribution is 5.87. The van der Waals surface area contributed by atoms with Gasteiger partial charge in [0.05, 0.1) is 6.10 Å². The van der Waals surface area contributed by atoms with Crippen LogP contribution < -0.4 is 5.73 Å². The maximum absolute atomic E-state index is 10.8. The molecule has 0 aliphatic rings. The second-order valence-electron chi connectivity index (χ2n) is 2.60. The molecule has 0 aromatic heterocycles. The van der Waals surface area contributed by atoms with Crippen molar-refractivity contribution >= 4 is 11.9 Å². The van der Waals surface area contributed by atoms with Crippen molar-refractivity contribution in [3.05, 3.63) is 0 Å². The topological polar surface area (TPSA) is 89.6 Å². The van der Waals surface area contributed by atoms with Gasteiger partial charge in [-0.2, -0.15) is 0 Å². The third-order valence-electron chi connectivity index (χ3n) is 1.14. The number of esters is 2. The van der Waals surface area contributed by atoms with E-state index in [1.165, 1.54) is 6.92 Å². The van der Waals surface area contributed by atoms with E-state index in [-0.39, 0.29) is 6.42 Å². The van der Waals surface area contributed by atoms with Gasteiger partial charge in [-0.05, 0) is 13.3 Å². The van der Waals surface area contributed by atoms with Crippen LogP contribution >= 0.6 is 0 Å². The minimum absolute atomic E-state index is 0.0894. The normalized spacial score (nSPS) is 15.0. The summed E-state index contributed by atoms with van der Waals surface area (Å²) in [4.78, 5) is 21.1. The highest BCUT2D eigenvalue weighted by atomic mass is 16.6. The van der Waals surface area contributed by atoms with Gasteiger partial charge in [-0.1, -0.05) is 0 Å². The molecular weight excluding hydrogens is 162 g/mol. The first-order chi connectivity index (χ1) is 5.43. The van der Waals surface area contributed by atoms with E-state index in [1.807, 2.05) is 0 Å². The summed E-state index contributed by atoms with van der Waals surface area (Å²) in [6.07, 6.45) is -0.592. The van der Waals surface area contributed by atoms with E-state index in [2.05, 4.69) is 4.74 Å².